The maximum Gasteiger partial charge on any atom is 0.402 e. The quantitative estimate of drug-likeness (QED) is 0.231. The third kappa shape index (κ3) is 7.94. The fraction of sp³-hybridized carbons (Fsp3) is 0. The van der Waals surface area contributed by atoms with Crippen molar-refractivity contribution in [3.8, 4) is 33.8 Å². The van der Waals surface area contributed by atoms with Gasteiger partial charge in [-0.1, -0.05) is 84.9 Å². The molecule has 11 heteroatoms. The zero-order valence-electron chi connectivity index (χ0n) is 17.8. The number of aromatic hydroxyl groups is 1. The molecule has 1 aliphatic rings. The molecule has 1 atom stereocenters. The molecule has 0 fully saturated rings. The van der Waals surface area contributed by atoms with Crippen molar-refractivity contribution in [2.75, 3.05) is 0 Å². The van der Waals surface area contributed by atoms with E-state index >= 15 is 0 Å². The number of benzene rings is 4. The summed E-state index contributed by atoms with van der Waals surface area (Å²) in [6.45, 7) is -3.24. The second-order valence-corrected chi connectivity index (χ2v) is 21.5. The van der Waals surface area contributed by atoms with E-state index in [9.17, 15) is 14.2 Å². The van der Waals surface area contributed by atoms with Gasteiger partial charge in [0.2, 0.25) is 0 Å². The second kappa shape index (κ2) is 12.6. The van der Waals surface area contributed by atoms with Crippen LogP contribution in [0.2, 0.25) is 0 Å². The van der Waals surface area contributed by atoms with Gasteiger partial charge in [0.05, 0.1) is 5.30 Å². The first kappa shape index (κ1) is 28.0. The normalized spacial score (nSPS) is 15.8. The molecule has 0 aliphatic carbocycles. The zero-order chi connectivity index (χ0) is 25.5. The molecule has 4 aromatic carbocycles. The van der Waals surface area contributed by atoms with Gasteiger partial charge in [-0.25, -0.2) is 4.57 Å². The first-order valence-corrected chi connectivity index (χ1v) is 18.5. The maximum atomic E-state index is 12.2. The average molecular weight is 605 g/mol. The fourth-order valence-corrected chi connectivity index (χ4v) is 5.14. The lowest BCUT2D eigenvalue weighted by Crippen LogP contribution is -2.13. The summed E-state index contributed by atoms with van der Waals surface area (Å²) in [5.74, 6) is 0.910. The highest BCUT2D eigenvalue weighted by Gasteiger charge is 2.34. The summed E-state index contributed by atoms with van der Waals surface area (Å²) in [7, 11) is -0.368. The Labute approximate surface area is 224 Å². The monoisotopic (exact) mass is 603 g/mol. The number of phenolic OH excluding ortho intramolecular Hbond substituents is 1. The summed E-state index contributed by atoms with van der Waals surface area (Å²) in [6.07, 6.45) is 0. The Bertz CT molecular complexity index is 1350. The third-order valence-corrected chi connectivity index (χ3v) is 9.22. The van der Waals surface area contributed by atoms with Gasteiger partial charge >= 0.3 is 19.9 Å². The van der Waals surface area contributed by atoms with Crippen LogP contribution < -0.4 is 9.83 Å². The van der Waals surface area contributed by atoms with Crippen molar-refractivity contribution < 1.29 is 18.8 Å². The average Bonchev–Trinajstić information content (AvgIpc) is 2.85. The van der Waals surface area contributed by atoms with Gasteiger partial charge in [0.1, 0.15) is 45.2 Å². The minimum Gasteiger partial charge on any atom is -0.507 e. The molecule has 1 N–H and O–H groups in total. The minimum absolute atomic E-state index is 0.328. The highest BCUT2D eigenvalue weighted by molar-refractivity contribution is 8.62. The predicted octanol–water partition coefficient (Wildman–Crippen LogP) is 10.5. The van der Waals surface area contributed by atoms with Crippen LogP contribution in [0.1, 0.15) is 0 Å². The molecule has 0 saturated heterocycles. The van der Waals surface area contributed by atoms with E-state index in [0.29, 0.717) is 16.8 Å². The number of para-hydroxylation sites is 2. The number of halogens is 4. The predicted molar refractivity (Wildman–Crippen MR) is 151 cm³/mol. The van der Waals surface area contributed by atoms with E-state index in [-0.39, 0.29) is 8.15 Å². The molecule has 0 aromatic heterocycles. The van der Waals surface area contributed by atoms with Crippen LogP contribution >= 0.6 is 64.8 Å². The van der Waals surface area contributed by atoms with Crippen LogP contribution in [0.25, 0.3) is 22.3 Å². The topological polar surface area (TPSA) is 63.6 Å². The molecule has 180 valence electrons. The van der Waals surface area contributed by atoms with Gasteiger partial charge in [-0.15, -0.1) is 0 Å². The molecule has 0 amide bonds. The highest BCUT2D eigenvalue weighted by Crippen LogP contribution is 2.83. The van der Waals surface area contributed by atoms with Crippen LogP contribution in [-0.4, -0.2) is 5.11 Å². The Morgan fingerprint density at radius 3 is 1.80 bits per heavy atom. The number of rotatable bonds is 2. The van der Waals surface area contributed by atoms with Gasteiger partial charge in [-0.2, -0.15) is 0 Å². The first-order chi connectivity index (χ1) is 16.6. The lowest BCUT2D eigenvalue weighted by atomic mass is 10.0. The molecule has 0 spiro atoms. The molecule has 0 radical (unpaired) electrons. The standard InChI is InChI=1S/C12H8ClO2P.C12H10O.Cl3OP2/c13-16(14)12-8-4-2-6-10(12)9-5-1-3-7-11(9)15-16;13-12-9-5-4-8-11(12)10-6-2-1-3-7-10;1-6(2,3)5-4/h1-8H;1-9,13H;/q;;+1. The minimum atomic E-state index is -3.24. The van der Waals surface area contributed by atoms with Gasteiger partial charge in [0.15, 0.2) is 0 Å². The number of hydrogen-bond donors (Lipinski definition) is 1. The number of hydrogen-bond acceptors (Lipinski definition) is 4. The lowest BCUT2D eigenvalue weighted by molar-refractivity contribution is 0.477. The summed E-state index contributed by atoms with van der Waals surface area (Å²) in [5, 5.41) is 7.58. The molecule has 0 bridgehead atoms. The van der Waals surface area contributed by atoms with Crippen LogP contribution in [-0.2, 0) is 9.13 Å². The van der Waals surface area contributed by atoms with Crippen molar-refractivity contribution in [1.29, 1.82) is 0 Å². The Balaban J connectivity index is 0.000000162. The molecular weight excluding hydrogens is 587 g/mol. The smallest absolute Gasteiger partial charge is 0.402 e. The van der Waals surface area contributed by atoms with Crippen LogP contribution in [0, 0.1) is 0 Å². The fourth-order valence-electron chi connectivity index (χ4n) is 3.21. The Kier molecular flexibility index (Phi) is 10.1. The largest absolute Gasteiger partial charge is 0.507 e. The summed E-state index contributed by atoms with van der Waals surface area (Å²) >= 11 is 21.1. The Morgan fingerprint density at radius 2 is 1.20 bits per heavy atom. The summed E-state index contributed by atoms with van der Waals surface area (Å²) in [6, 6.07) is 32.0. The van der Waals surface area contributed by atoms with Crippen molar-refractivity contribution in [2.45, 2.75) is 0 Å². The van der Waals surface area contributed by atoms with E-state index < -0.39 is 11.7 Å². The van der Waals surface area contributed by atoms with Crippen molar-refractivity contribution in [3.63, 3.8) is 0 Å². The van der Waals surface area contributed by atoms with Gasteiger partial charge < -0.3 is 9.63 Å². The van der Waals surface area contributed by atoms with Crippen LogP contribution in [0.4, 0.5) is 0 Å². The Hall–Kier alpha value is -1.60. The molecule has 5 rings (SSSR count). The van der Waals surface area contributed by atoms with Crippen molar-refractivity contribution in [3.05, 3.63) is 103 Å². The van der Waals surface area contributed by atoms with E-state index in [1.165, 1.54) is 0 Å². The Morgan fingerprint density at radius 1 is 0.714 bits per heavy atom. The maximum absolute atomic E-state index is 12.2. The first-order valence-electron chi connectivity index (χ1n) is 9.97. The number of fused-ring (bicyclic) bond motifs is 3. The third-order valence-electron chi connectivity index (χ3n) is 4.67. The molecular formula is C24H18Cl4O4P3+. The van der Waals surface area contributed by atoms with E-state index in [0.717, 1.165) is 22.3 Å². The second-order valence-electron chi connectivity index (χ2n) is 6.97. The van der Waals surface area contributed by atoms with Crippen molar-refractivity contribution in [1.82, 2.24) is 0 Å². The molecule has 1 heterocycles. The van der Waals surface area contributed by atoms with Crippen LogP contribution in [0.3, 0.4) is 0 Å². The summed E-state index contributed by atoms with van der Waals surface area (Å²) in [5.41, 5.74) is 3.75. The van der Waals surface area contributed by atoms with E-state index in [1.54, 1.807) is 18.2 Å². The molecule has 4 nitrogen and oxygen atoms in total. The van der Waals surface area contributed by atoms with Gasteiger partial charge in [0.25, 0.3) is 0 Å². The van der Waals surface area contributed by atoms with E-state index in [1.807, 2.05) is 84.9 Å². The molecule has 0 saturated carbocycles. The molecule has 1 unspecified atom stereocenters. The van der Waals surface area contributed by atoms with Crippen LogP contribution in [0.15, 0.2) is 103 Å². The van der Waals surface area contributed by atoms with Crippen molar-refractivity contribution in [2.24, 2.45) is 0 Å². The summed E-state index contributed by atoms with van der Waals surface area (Å²) < 4.78 is 27.1. The molecule has 1 aliphatic heterocycles. The van der Waals surface area contributed by atoms with E-state index in [4.69, 9.17) is 49.5 Å². The van der Waals surface area contributed by atoms with Crippen LogP contribution in [0.5, 0.6) is 11.5 Å². The van der Waals surface area contributed by atoms with Gasteiger partial charge in [-0.05, 0) is 35.0 Å². The molecule has 35 heavy (non-hydrogen) atoms. The summed E-state index contributed by atoms with van der Waals surface area (Å²) in [4.78, 5) is 0. The van der Waals surface area contributed by atoms with Gasteiger partial charge in [0, 0.05) is 16.7 Å². The zero-order valence-corrected chi connectivity index (χ0v) is 23.5. The lowest BCUT2D eigenvalue weighted by Gasteiger charge is -2.23. The highest BCUT2D eigenvalue weighted by atomic mass is 36.1. The van der Waals surface area contributed by atoms with E-state index in [2.05, 4.69) is 0 Å². The number of phenols is 1. The van der Waals surface area contributed by atoms with Gasteiger partial charge in [-0.3, -0.25) is 4.57 Å². The SMILES string of the molecule is O=P1(Cl)Oc2ccccc2-c2ccccc21.O=P[P+](Cl)(Cl)Cl.Oc1ccccc1-c1ccccc1. The van der Waals surface area contributed by atoms with Crippen molar-refractivity contribution >= 4 is 70.1 Å². The molecule has 4 aromatic rings.